The molecule has 0 aliphatic carbocycles. The highest BCUT2D eigenvalue weighted by atomic mass is 16.5. The van der Waals surface area contributed by atoms with Crippen LogP contribution in [0.25, 0.3) is 0 Å². The maximum absolute atomic E-state index is 11.3. The highest BCUT2D eigenvalue weighted by Gasteiger charge is 2.11. The standard InChI is InChI=1S/C12H13N3O4/c1-18-9-4-7(5-16)2-3-8(9)19-12-10(13)11(17)14-6-15-12/h2-4,6,16H,5,13H2,1H3,(H,14,15,17). The lowest BCUT2D eigenvalue weighted by Gasteiger charge is -2.11. The SMILES string of the molecule is COc1cc(CO)ccc1Oc1nc[nH]c(=O)c1N. The van der Waals surface area contributed by atoms with Gasteiger partial charge in [-0.3, -0.25) is 4.79 Å². The third kappa shape index (κ3) is 2.66. The topological polar surface area (TPSA) is 110 Å². The van der Waals surface area contributed by atoms with Gasteiger partial charge < -0.3 is 25.3 Å². The molecule has 7 nitrogen and oxygen atoms in total. The smallest absolute Gasteiger partial charge is 0.277 e. The van der Waals surface area contributed by atoms with Crippen LogP contribution in [0.2, 0.25) is 0 Å². The molecule has 0 saturated carbocycles. The number of anilines is 1. The molecule has 4 N–H and O–H groups in total. The quantitative estimate of drug-likeness (QED) is 0.746. The lowest BCUT2D eigenvalue weighted by Crippen LogP contribution is -2.13. The van der Waals surface area contributed by atoms with Gasteiger partial charge in [0.1, 0.15) is 0 Å². The van der Waals surface area contributed by atoms with Crippen LogP contribution in [0.15, 0.2) is 29.3 Å². The van der Waals surface area contributed by atoms with E-state index in [9.17, 15) is 4.79 Å². The van der Waals surface area contributed by atoms with Crippen molar-refractivity contribution in [3.63, 3.8) is 0 Å². The summed E-state index contributed by atoms with van der Waals surface area (Å²) in [7, 11) is 1.47. The molecule has 2 aromatic rings. The molecule has 1 heterocycles. The normalized spacial score (nSPS) is 10.2. The van der Waals surface area contributed by atoms with E-state index < -0.39 is 5.56 Å². The number of aromatic nitrogens is 2. The number of nitrogens with zero attached hydrogens (tertiary/aromatic N) is 1. The molecule has 0 radical (unpaired) electrons. The average Bonchev–Trinajstić information content (AvgIpc) is 2.44. The van der Waals surface area contributed by atoms with E-state index in [1.165, 1.54) is 13.4 Å². The second-order valence-electron chi connectivity index (χ2n) is 3.70. The Bertz CT molecular complexity index is 639. The van der Waals surface area contributed by atoms with Gasteiger partial charge in [-0.15, -0.1) is 0 Å². The van der Waals surface area contributed by atoms with Gasteiger partial charge in [0.25, 0.3) is 5.56 Å². The number of nitrogen functional groups attached to an aromatic ring is 1. The number of hydrogen-bond donors (Lipinski definition) is 3. The molecule has 0 spiro atoms. The van der Waals surface area contributed by atoms with Crippen LogP contribution >= 0.6 is 0 Å². The first kappa shape index (κ1) is 12.9. The van der Waals surface area contributed by atoms with Gasteiger partial charge in [-0.05, 0) is 17.7 Å². The number of hydrogen-bond acceptors (Lipinski definition) is 6. The number of aliphatic hydroxyl groups is 1. The Morgan fingerprint density at radius 3 is 2.89 bits per heavy atom. The van der Waals surface area contributed by atoms with Crippen LogP contribution in [-0.4, -0.2) is 22.2 Å². The van der Waals surface area contributed by atoms with Crippen LogP contribution in [0.1, 0.15) is 5.56 Å². The Morgan fingerprint density at radius 1 is 1.42 bits per heavy atom. The van der Waals surface area contributed by atoms with Crippen molar-refractivity contribution in [1.29, 1.82) is 0 Å². The number of aliphatic hydroxyl groups excluding tert-OH is 1. The fourth-order valence-corrected chi connectivity index (χ4v) is 1.47. The van der Waals surface area contributed by atoms with Crippen molar-refractivity contribution in [2.45, 2.75) is 6.61 Å². The van der Waals surface area contributed by atoms with Gasteiger partial charge in [-0.25, -0.2) is 4.98 Å². The summed E-state index contributed by atoms with van der Waals surface area (Å²) in [5, 5.41) is 9.04. The van der Waals surface area contributed by atoms with Crippen molar-refractivity contribution >= 4 is 5.69 Å². The van der Waals surface area contributed by atoms with Gasteiger partial charge in [0.15, 0.2) is 17.2 Å². The molecule has 0 aliphatic rings. The van der Waals surface area contributed by atoms with E-state index in [1.807, 2.05) is 0 Å². The van der Waals surface area contributed by atoms with E-state index in [4.69, 9.17) is 20.3 Å². The van der Waals surface area contributed by atoms with Crippen molar-refractivity contribution in [1.82, 2.24) is 9.97 Å². The van der Waals surface area contributed by atoms with Crippen molar-refractivity contribution in [3.8, 4) is 17.4 Å². The van der Waals surface area contributed by atoms with E-state index in [-0.39, 0.29) is 18.2 Å². The summed E-state index contributed by atoms with van der Waals surface area (Å²) in [6.07, 6.45) is 1.20. The minimum atomic E-state index is -0.476. The molecular weight excluding hydrogens is 250 g/mol. The number of ether oxygens (including phenoxy) is 2. The fraction of sp³-hybridized carbons (Fsp3) is 0.167. The van der Waals surface area contributed by atoms with E-state index >= 15 is 0 Å². The fourth-order valence-electron chi connectivity index (χ4n) is 1.47. The molecule has 1 aromatic carbocycles. The third-order valence-electron chi connectivity index (χ3n) is 2.47. The maximum atomic E-state index is 11.3. The largest absolute Gasteiger partial charge is 0.493 e. The Balaban J connectivity index is 2.38. The van der Waals surface area contributed by atoms with Gasteiger partial charge in [-0.1, -0.05) is 6.07 Å². The molecule has 7 heteroatoms. The highest BCUT2D eigenvalue weighted by molar-refractivity contribution is 5.50. The van der Waals surface area contributed by atoms with E-state index in [0.717, 1.165) is 0 Å². The third-order valence-corrected chi connectivity index (χ3v) is 2.47. The van der Waals surface area contributed by atoms with E-state index in [0.29, 0.717) is 17.1 Å². The minimum absolute atomic E-state index is 0.00111. The predicted molar refractivity (Wildman–Crippen MR) is 68.3 cm³/mol. The lowest BCUT2D eigenvalue weighted by atomic mass is 10.2. The molecule has 100 valence electrons. The summed E-state index contributed by atoms with van der Waals surface area (Å²) in [6, 6.07) is 4.90. The summed E-state index contributed by atoms with van der Waals surface area (Å²) in [6.45, 7) is -0.109. The molecule has 0 atom stereocenters. The van der Waals surface area contributed by atoms with Gasteiger partial charge in [-0.2, -0.15) is 0 Å². The van der Waals surface area contributed by atoms with Gasteiger partial charge in [0, 0.05) is 0 Å². The second-order valence-corrected chi connectivity index (χ2v) is 3.70. The van der Waals surface area contributed by atoms with Crippen molar-refractivity contribution < 1.29 is 14.6 Å². The van der Waals surface area contributed by atoms with Crippen LogP contribution in [0.5, 0.6) is 17.4 Å². The number of benzene rings is 1. The highest BCUT2D eigenvalue weighted by Crippen LogP contribution is 2.32. The minimum Gasteiger partial charge on any atom is -0.493 e. The summed E-state index contributed by atoms with van der Waals surface area (Å²) >= 11 is 0. The molecule has 0 amide bonds. The van der Waals surface area contributed by atoms with E-state index in [2.05, 4.69) is 9.97 Å². The summed E-state index contributed by atoms with van der Waals surface area (Å²) < 4.78 is 10.6. The molecule has 0 bridgehead atoms. The zero-order chi connectivity index (χ0) is 13.8. The summed E-state index contributed by atoms with van der Waals surface area (Å²) in [5.41, 5.74) is 5.65. The first-order chi connectivity index (χ1) is 9.15. The van der Waals surface area contributed by atoms with Crippen LogP contribution in [0, 0.1) is 0 Å². The number of nitrogens with two attached hydrogens (primary N) is 1. The predicted octanol–water partition coefficient (Wildman–Crippen LogP) is 0.645. The molecule has 0 aliphatic heterocycles. The molecule has 0 unspecified atom stereocenters. The first-order valence-corrected chi connectivity index (χ1v) is 5.44. The average molecular weight is 263 g/mol. The number of H-pyrrole nitrogens is 1. The van der Waals surface area contributed by atoms with Crippen molar-refractivity contribution in [3.05, 3.63) is 40.4 Å². The Hall–Kier alpha value is -2.54. The summed E-state index contributed by atoms with van der Waals surface area (Å²) in [5.74, 6) is 0.760. The van der Waals surface area contributed by atoms with Gasteiger partial charge in [0.2, 0.25) is 5.88 Å². The molecule has 1 aromatic heterocycles. The van der Waals surface area contributed by atoms with Crippen LogP contribution in [0.4, 0.5) is 5.69 Å². The van der Waals surface area contributed by atoms with Crippen LogP contribution in [0.3, 0.4) is 0 Å². The molecule has 0 saturated heterocycles. The zero-order valence-corrected chi connectivity index (χ0v) is 10.2. The first-order valence-electron chi connectivity index (χ1n) is 5.44. The number of aromatic amines is 1. The zero-order valence-electron chi connectivity index (χ0n) is 10.2. The van der Waals surface area contributed by atoms with E-state index in [1.54, 1.807) is 18.2 Å². The Labute approximate surface area is 108 Å². The van der Waals surface area contributed by atoms with Crippen LogP contribution < -0.4 is 20.8 Å². The van der Waals surface area contributed by atoms with Crippen molar-refractivity contribution in [2.75, 3.05) is 12.8 Å². The second kappa shape index (κ2) is 5.40. The Morgan fingerprint density at radius 2 is 2.21 bits per heavy atom. The number of rotatable bonds is 4. The van der Waals surface area contributed by atoms with Gasteiger partial charge in [0.05, 0.1) is 20.0 Å². The van der Waals surface area contributed by atoms with Crippen molar-refractivity contribution in [2.24, 2.45) is 0 Å². The van der Waals surface area contributed by atoms with Crippen LogP contribution in [-0.2, 0) is 6.61 Å². The monoisotopic (exact) mass is 263 g/mol. The van der Waals surface area contributed by atoms with Gasteiger partial charge >= 0.3 is 0 Å². The number of nitrogens with one attached hydrogen (secondary N) is 1. The molecule has 19 heavy (non-hydrogen) atoms. The molecule has 2 rings (SSSR count). The Kier molecular flexibility index (Phi) is 3.67. The lowest BCUT2D eigenvalue weighted by molar-refractivity contribution is 0.280. The molecule has 0 fully saturated rings. The summed E-state index contributed by atoms with van der Waals surface area (Å²) in [4.78, 5) is 17.5. The maximum Gasteiger partial charge on any atom is 0.277 e. The number of methoxy groups -OCH3 is 1. The molecular formula is C12H13N3O4.